The van der Waals surface area contributed by atoms with Crippen molar-refractivity contribution in [3.8, 4) is 11.1 Å². The van der Waals surface area contributed by atoms with E-state index in [0.717, 1.165) is 18.2 Å². The number of esters is 1. The number of hydrogen-bond acceptors (Lipinski definition) is 6. The number of nitrogens with zero attached hydrogens (tertiary/aromatic N) is 1. The maximum atomic E-state index is 13.2. The van der Waals surface area contributed by atoms with Gasteiger partial charge in [-0.15, -0.1) is 0 Å². The Labute approximate surface area is 221 Å². The van der Waals surface area contributed by atoms with Crippen LogP contribution in [-0.4, -0.2) is 65.2 Å². The number of carboxylic acids is 2. The summed E-state index contributed by atoms with van der Waals surface area (Å²) >= 11 is 12.3. The highest BCUT2D eigenvalue weighted by atomic mass is 35.5. The molecule has 1 saturated heterocycles. The number of ether oxygens (including phenoxy) is 1. The maximum absolute atomic E-state index is 13.2. The molecule has 0 aliphatic carbocycles. The minimum absolute atomic E-state index is 0.0306. The average molecular weight is 543 g/mol. The van der Waals surface area contributed by atoms with Crippen LogP contribution >= 0.6 is 23.2 Å². The van der Waals surface area contributed by atoms with Gasteiger partial charge in [0.25, 0.3) is 5.91 Å². The third kappa shape index (κ3) is 5.75. The van der Waals surface area contributed by atoms with E-state index in [1.807, 2.05) is 11.9 Å². The van der Waals surface area contributed by atoms with Crippen molar-refractivity contribution >= 4 is 52.7 Å². The van der Waals surface area contributed by atoms with E-state index in [4.69, 9.17) is 27.9 Å². The number of nitrogens with one attached hydrogen (secondary N) is 1. The molecule has 0 aromatic heterocycles. The van der Waals surface area contributed by atoms with Gasteiger partial charge in [0.15, 0.2) is 0 Å². The zero-order valence-electron chi connectivity index (χ0n) is 19.3. The predicted octanol–water partition coefficient (Wildman–Crippen LogP) is 4.78. The summed E-state index contributed by atoms with van der Waals surface area (Å²) in [5.74, 6) is -4.35. The lowest BCUT2D eigenvalue weighted by Crippen LogP contribution is -2.50. The smallest absolute Gasteiger partial charge is 0.340 e. The molecular formula is C26H20Cl2N2O7. The first-order valence-electron chi connectivity index (χ1n) is 10.9. The van der Waals surface area contributed by atoms with Crippen molar-refractivity contribution in [2.45, 2.75) is 6.10 Å². The van der Waals surface area contributed by atoms with Gasteiger partial charge in [0.1, 0.15) is 6.10 Å². The number of rotatable bonds is 7. The summed E-state index contributed by atoms with van der Waals surface area (Å²) in [5, 5.41) is 22.1. The lowest BCUT2D eigenvalue weighted by molar-refractivity contribution is -0.0211. The van der Waals surface area contributed by atoms with Crippen LogP contribution in [0, 0.1) is 0 Å². The molecule has 1 heterocycles. The molecule has 0 bridgehead atoms. The lowest BCUT2D eigenvalue weighted by atomic mass is 10.0. The number of aromatic carboxylic acids is 2. The zero-order valence-corrected chi connectivity index (χ0v) is 20.8. The molecule has 0 saturated carbocycles. The van der Waals surface area contributed by atoms with E-state index in [2.05, 4.69) is 5.32 Å². The van der Waals surface area contributed by atoms with Crippen molar-refractivity contribution in [1.29, 1.82) is 0 Å². The summed E-state index contributed by atoms with van der Waals surface area (Å²) < 4.78 is 5.52. The molecule has 1 aliphatic heterocycles. The molecule has 0 unspecified atom stereocenters. The van der Waals surface area contributed by atoms with Gasteiger partial charge in [-0.1, -0.05) is 35.3 Å². The summed E-state index contributed by atoms with van der Waals surface area (Å²) in [7, 11) is 1.88. The number of likely N-dealkylation sites (tertiary alicyclic amines) is 1. The highest BCUT2D eigenvalue weighted by molar-refractivity contribution is 6.36. The van der Waals surface area contributed by atoms with Crippen LogP contribution < -0.4 is 5.32 Å². The lowest BCUT2D eigenvalue weighted by Gasteiger charge is -2.35. The van der Waals surface area contributed by atoms with Gasteiger partial charge in [0.2, 0.25) is 0 Å². The third-order valence-corrected chi connectivity index (χ3v) is 6.32. The molecule has 9 nitrogen and oxygen atoms in total. The second kappa shape index (κ2) is 10.6. The van der Waals surface area contributed by atoms with Gasteiger partial charge in [0, 0.05) is 28.7 Å². The van der Waals surface area contributed by atoms with Gasteiger partial charge in [0.05, 0.1) is 27.9 Å². The van der Waals surface area contributed by atoms with Crippen molar-refractivity contribution in [3.63, 3.8) is 0 Å². The Balaban J connectivity index is 1.75. The van der Waals surface area contributed by atoms with Crippen LogP contribution in [0.2, 0.25) is 10.0 Å². The van der Waals surface area contributed by atoms with E-state index < -0.39 is 29.4 Å². The fourth-order valence-corrected chi connectivity index (χ4v) is 4.41. The first-order valence-corrected chi connectivity index (χ1v) is 11.7. The summed E-state index contributed by atoms with van der Waals surface area (Å²) in [6, 6.07) is 12.5. The molecule has 1 fully saturated rings. The standard InChI is InChI=1S/C26H20Cl2N2O7/c1-30-11-16(12-30)37-26(36)19-6-2-13(17-7-4-15(27)10-21(17)28)9-22(19)29-23(31)20-8-14(24(32)33)3-5-18(20)25(34)35/h2-10,16H,11-12H2,1H3,(H,29,31)(H,32,33)(H,34,35). The molecule has 37 heavy (non-hydrogen) atoms. The van der Waals surface area contributed by atoms with Crippen LogP contribution in [0.25, 0.3) is 11.1 Å². The van der Waals surface area contributed by atoms with E-state index in [-0.39, 0.29) is 28.5 Å². The van der Waals surface area contributed by atoms with Crippen LogP contribution in [-0.2, 0) is 4.74 Å². The molecule has 1 amide bonds. The second-order valence-electron chi connectivity index (χ2n) is 8.46. The fraction of sp³-hybridized carbons (Fsp3) is 0.154. The first kappa shape index (κ1) is 26.2. The Morgan fingerprint density at radius 3 is 2.22 bits per heavy atom. The van der Waals surface area contributed by atoms with Crippen LogP contribution in [0.3, 0.4) is 0 Å². The minimum atomic E-state index is -1.42. The largest absolute Gasteiger partial charge is 0.478 e. The van der Waals surface area contributed by atoms with Gasteiger partial charge < -0.3 is 20.3 Å². The zero-order chi connectivity index (χ0) is 26.9. The summed E-state index contributed by atoms with van der Waals surface area (Å²) in [6.07, 6.45) is -0.308. The van der Waals surface area contributed by atoms with E-state index in [1.54, 1.807) is 24.3 Å². The Kier molecular flexibility index (Phi) is 7.49. The number of likely N-dealkylation sites (N-methyl/N-ethyl adjacent to an activating group) is 1. The number of carbonyl (C=O) groups excluding carboxylic acids is 2. The van der Waals surface area contributed by atoms with E-state index in [1.165, 1.54) is 12.1 Å². The number of halogens is 2. The molecule has 4 rings (SSSR count). The molecule has 0 atom stereocenters. The molecule has 0 spiro atoms. The third-order valence-electron chi connectivity index (χ3n) is 5.78. The topological polar surface area (TPSA) is 133 Å². The van der Waals surface area contributed by atoms with Crippen molar-refractivity contribution in [1.82, 2.24) is 4.90 Å². The molecule has 11 heteroatoms. The number of anilines is 1. The summed E-state index contributed by atoms with van der Waals surface area (Å²) in [6.45, 7) is 1.13. The number of carboxylic acid groups (broad SMARTS) is 2. The van der Waals surface area contributed by atoms with Crippen molar-refractivity contribution < 1.29 is 34.1 Å². The monoisotopic (exact) mass is 542 g/mol. The van der Waals surface area contributed by atoms with Crippen LogP contribution in [0.15, 0.2) is 54.6 Å². The molecular weight excluding hydrogens is 523 g/mol. The molecule has 3 aromatic carbocycles. The normalized spacial score (nSPS) is 13.5. The molecule has 3 N–H and O–H groups in total. The Morgan fingerprint density at radius 1 is 0.892 bits per heavy atom. The van der Waals surface area contributed by atoms with Gasteiger partial charge in [-0.3, -0.25) is 9.69 Å². The van der Waals surface area contributed by atoms with Crippen molar-refractivity contribution in [3.05, 3.63) is 86.9 Å². The highest BCUT2D eigenvalue weighted by Gasteiger charge is 2.29. The van der Waals surface area contributed by atoms with E-state index in [0.29, 0.717) is 34.3 Å². The van der Waals surface area contributed by atoms with Crippen molar-refractivity contribution in [2.24, 2.45) is 0 Å². The van der Waals surface area contributed by atoms with Crippen LogP contribution in [0.1, 0.15) is 41.4 Å². The van der Waals surface area contributed by atoms with E-state index in [9.17, 15) is 29.4 Å². The molecule has 0 radical (unpaired) electrons. The average Bonchev–Trinajstić information content (AvgIpc) is 2.82. The van der Waals surface area contributed by atoms with E-state index >= 15 is 0 Å². The quantitative estimate of drug-likeness (QED) is 0.363. The Bertz CT molecular complexity index is 1430. The van der Waals surface area contributed by atoms with Gasteiger partial charge in [-0.05, 0) is 55.1 Å². The highest BCUT2D eigenvalue weighted by Crippen LogP contribution is 2.33. The molecule has 3 aromatic rings. The van der Waals surface area contributed by atoms with Gasteiger partial charge in [-0.25, -0.2) is 14.4 Å². The number of amides is 1. The minimum Gasteiger partial charge on any atom is -0.478 e. The number of hydrogen-bond donors (Lipinski definition) is 3. The molecule has 190 valence electrons. The Morgan fingerprint density at radius 2 is 1.59 bits per heavy atom. The SMILES string of the molecule is CN1CC(OC(=O)c2ccc(-c3ccc(Cl)cc3Cl)cc2NC(=O)c2cc(C(=O)O)ccc2C(=O)O)C1. The van der Waals surface area contributed by atoms with Crippen molar-refractivity contribution in [2.75, 3.05) is 25.5 Å². The second-order valence-corrected chi connectivity index (χ2v) is 9.30. The summed E-state index contributed by atoms with van der Waals surface area (Å²) in [4.78, 5) is 51.2. The predicted molar refractivity (Wildman–Crippen MR) is 137 cm³/mol. The first-order chi connectivity index (χ1) is 17.5. The number of benzene rings is 3. The van der Waals surface area contributed by atoms with Gasteiger partial charge in [-0.2, -0.15) is 0 Å². The van der Waals surface area contributed by atoms with Gasteiger partial charge >= 0.3 is 17.9 Å². The Hall–Kier alpha value is -3.92. The fourth-order valence-electron chi connectivity index (χ4n) is 3.89. The summed E-state index contributed by atoms with van der Waals surface area (Å²) in [5.41, 5.74) is 0.107. The number of carbonyl (C=O) groups is 4. The molecule has 1 aliphatic rings. The van der Waals surface area contributed by atoms with Crippen LogP contribution in [0.5, 0.6) is 0 Å². The maximum Gasteiger partial charge on any atom is 0.340 e. The van der Waals surface area contributed by atoms with Crippen LogP contribution in [0.4, 0.5) is 5.69 Å².